The van der Waals surface area contributed by atoms with Crippen LogP contribution in [0.4, 0.5) is 4.39 Å². The average Bonchev–Trinajstić information content (AvgIpc) is 2.30. The van der Waals surface area contributed by atoms with E-state index in [0.717, 1.165) is 17.5 Å². The predicted octanol–water partition coefficient (Wildman–Crippen LogP) is 2.85. The fraction of sp³-hybridized carbons (Fsp3) is 0.571. The first-order valence-electron chi connectivity index (χ1n) is 5.98. The molecule has 2 nitrogen and oxygen atoms in total. The molecule has 1 aromatic carbocycles. The number of halogens is 1. The first-order chi connectivity index (χ1) is 8.02. The summed E-state index contributed by atoms with van der Waals surface area (Å²) >= 11 is 0. The van der Waals surface area contributed by atoms with E-state index in [2.05, 4.69) is 0 Å². The summed E-state index contributed by atoms with van der Waals surface area (Å²) in [6.45, 7) is 3.90. The van der Waals surface area contributed by atoms with Gasteiger partial charge in [-0.25, -0.2) is 4.39 Å². The van der Waals surface area contributed by atoms with Crippen molar-refractivity contribution in [3.8, 4) is 0 Å². The molecule has 3 heteroatoms. The Morgan fingerprint density at radius 2 is 2.06 bits per heavy atom. The summed E-state index contributed by atoms with van der Waals surface area (Å²) in [4.78, 5) is 0. The molecule has 0 aliphatic carbocycles. The molecule has 0 aromatic heterocycles. The van der Waals surface area contributed by atoms with Gasteiger partial charge in [0.15, 0.2) is 0 Å². The Labute approximate surface area is 102 Å². The number of ether oxygens (including phenoxy) is 1. The Hall–Kier alpha value is -0.930. The van der Waals surface area contributed by atoms with Crippen molar-refractivity contribution < 1.29 is 14.2 Å². The molecule has 0 spiro atoms. The molecule has 0 heterocycles. The zero-order chi connectivity index (χ0) is 12.8. The van der Waals surface area contributed by atoms with Crippen LogP contribution in [-0.4, -0.2) is 24.4 Å². The minimum atomic E-state index is -0.437. The summed E-state index contributed by atoms with van der Waals surface area (Å²) in [6.07, 6.45) is 1.70. The van der Waals surface area contributed by atoms with E-state index in [-0.39, 0.29) is 11.9 Å². The van der Waals surface area contributed by atoms with E-state index < -0.39 is 6.10 Å². The van der Waals surface area contributed by atoms with Gasteiger partial charge in [0.2, 0.25) is 0 Å². The molecule has 2 atom stereocenters. The molecule has 0 aliphatic heterocycles. The highest BCUT2D eigenvalue weighted by atomic mass is 19.1. The van der Waals surface area contributed by atoms with Crippen LogP contribution in [0.15, 0.2) is 18.2 Å². The fourth-order valence-corrected chi connectivity index (χ4v) is 1.76. The van der Waals surface area contributed by atoms with Gasteiger partial charge in [-0.2, -0.15) is 0 Å². The van der Waals surface area contributed by atoms with Crippen LogP contribution in [0.25, 0.3) is 0 Å². The predicted molar refractivity (Wildman–Crippen MR) is 66.6 cm³/mol. The van der Waals surface area contributed by atoms with Gasteiger partial charge in [0.25, 0.3) is 0 Å². The summed E-state index contributed by atoms with van der Waals surface area (Å²) in [5, 5.41) is 9.88. The Balaban J connectivity index is 2.50. The van der Waals surface area contributed by atoms with Crippen molar-refractivity contribution in [1.82, 2.24) is 0 Å². The van der Waals surface area contributed by atoms with E-state index in [1.165, 1.54) is 12.1 Å². The van der Waals surface area contributed by atoms with Crippen LogP contribution in [0.5, 0.6) is 0 Å². The molecule has 0 bridgehead atoms. The molecule has 2 unspecified atom stereocenters. The summed E-state index contributed by atoms with van der Waals surface area (Å²) in [5.41, 5.74) is 1.90. The zero-order valence-electron chi connectivity index (χ0n) is 10.7. The van der Waals surface area contributed by atoms with Crippen LogP contribution in [0.2, 0.25) is 0 Å². The lowest BCUT2D eigenvalue weighted by Gasteiger charge is -2.15. The summed E-state index contributed by atoms with van der Waals surface area (Å²) in [5.74, 6) is -0.247. The zero-order valence-corrected chi connectivity index (χ0v) is 10.7. The van der Waals surface area contributed by atoms with E-state index in [1.807, 2.05) is 13.8 Å². The van der Waals surface area contributed by atoms with Gasteiger partial charge in [-0.3, -0.25) is 0 Å². The van der Waals surface area contributed by atoms with Gasteiger partial charge >= 0.3 is 0 Å². The minimum absolute atomic E-state index is 0.151. The number of methoxy groups -OCH3 is 1. The molecule has 1 rings (SSSR count). The lowest BCUT2D eigenvalue weighted by molar-refractivity contribution is 0.0851. The monoisotopic (exact) mass is 240 g/mol. The van der Waals surface area contributed by atoms with Gasteiger partial charge in [0.05, 0.1) is 12.2 Å². The maximum Gasteiger partial charge on any atom is 0.123 e. The van der Waals surface area contributed by atoms with E-state index in [0.29, 0.717) is 12.8 Å². The third-order valence-electron chi connectivity index (χ3n) is 3.08. The number of aryl methyl sites for hydroxylation is 1. The van der Waals surface area contributed by atoms with Crippen molar-refractivity contribution in [3.05, 3.63) is 35.1 Å². The molecule has 96 valence electrons. The first kappa shape index (κ1) is 14.1. The number of rotatable bonds is 6. The standard InChI is InChI=1S/C14H21FO2/c1-10-4-6-13(15)8-12(10)9-14(16)7-5-11(2)17-3/h4,6,8,11,14,16H,5,7,9H2,1-3H3. The summed E-state index contributed by atoms with van der Waals surface area (Å²) in [7, 11) is 1.66. The number of hydrogen-bond donors (Lipinski definition) is 1. The second-order valence-electron chi connectivity index (χ2n) is 4.55. The first-order valence-corrected chi connectivity index (χ1v) is 5.98. The van der Waals surface area contributed by atoms with Crippen LogP contribution in [0, 0.1) is 12.7 Å². The second kappa shape index (κ2) is 6.72. The highest BCUT2D eigenvalue weighted by molar-refractivity contribution is 5.27. The maximum absolute atomic E-state index is 13.1. The summed E-state index contributed by atoms with van der Waals surface area (Å²) < 4.78 is 18.2. The maximum atomic E-state index is 13.1. The minimum Gasteiger partial charge on any atom is -0.393 e. The molecule has 0 aliphatic rings. The topological polar surface area (TPSA) is 29.5 Å². The molecule has 17 heavy (non-hydrogen) atoms. The lowest BCUT2D eigenvalue weighted by Crippen LogP contribution is -2.15. The van der Waals surface area contributed by atoms with Crippen LogP contribution >= 0.6 is 0 Å². The van der Waals surface area contributed by atoms with Crippen molar-refractivity contribution in [1.29, 1.82) is 0 Å². The largest absolute Gasteiger partial charge is 0.393 e. The smallest absolute Gasteiger partial charge is 0.123 e. The van der Waals surface area contributed by atoms with Crippen molar-refractivity contribution in [3.63, 3.8) is 0 Å². The third kappa shape index (κ3) is 4.84. The van der Waals surface area contributed by atoms with Crippen molar-refractivity contribution >= 4 is 0 Å². The Morgan fingerprint density at radius 1 is 1.35 bits per heavy atom. The van der Waals surface area contributed by atoms with Gasteiger partial charge in [0.1, 0.15) is 5.82 Å². The van der Waals surface area contributed by atoms with E-state index >= 15 is 0 Å². The highest BCUT2D eigenvalue weighted by Gasteiger charge is 2.10. The number of aliphatic hydroxyl groups is 1. The normalized spacial score (nSPS) is 14.6. The lowest BCUT2D eigenvalue weighted by atomic mass is 9.99. The molecular weight excluding hydrogens is 219 g/mol. The van der Waals surface area contributed by atoms with E-state index in [1.54, 1.807) is 13.2 Å². The molecule has 0 radical (unpaired) electrons. The molecule has 1 aromatic rings. The Bertz CT molecular complexity index is 352. The second-order valence-corrected chi connectivity index (χ2v) is 4.55. The van der Waals surface area contributed by atoms with Crippen molar-refractivity contribution in [2.45, 2.75) is 45.3 Å². The van der Waals surface area contributed by atoms with Gasteiger partial charge in [-0.15, -0.1) is 0 Å². The van der Waals surface area contributed by atoms with Gasteiger partial charge in [-0.05, 0) is 56.4 Å². The molecule has 0 fully saturated rings. The van der Waals surface area contributed by atoms with Crippen LogP contribution < -0.4 is 0 Å². The molecule has 1 N–H and O–H groups in total. The SMILES string of the molecule is COC(C)CCC(O)Cc1cc(F)ccc1C. The fourth-order valence-electron chi connectivity index (χ4n) is 1.76. The van der Waals surface area contributed by atoms with Crippen LogP contribution in [0.1, 0.15) is 30.9 Å². The van der Waals surface area contributed by atoms with Crippen molar-refractivity contribution in [2.24, 2.45) is 0 Å². The van der Waals surface area contributed by atoms with Crippen molar-refractivity contribution in [2.75, 3.05) is 7.11 Å². The number of hydrogen-bond acceptors (Lipinski definition) is 2. The van der Waals surface area contributed by atoms with Gasteiger partial charge < -0.3 is 9.84 Å². The van der Waals surface area contributed by atoms with Gasteiger partial charge in [0, 0.05) is 7.11 Å². The Kier molecular flexibility index (Phi) is 5.59. The van der Waals surface area contributed by atoms with Gasteiger partial charge in [-0.1, -0.05) is 6.07 Å². The highest BCUT2D eigenvalue weighted by Crippen LogP contribution is 2.15. The number of benzene rings is 1. The summed E-state index contributed by atoms with van der Waals surface area (Å²) in [6, 6.07) is 4.69. The molecule has 0 saturated heterocycles. The van der Waals surface area contributed by atoms with E-state index in [9.17, 15) is 9.50 Å². The third-order valence-corrected chi connectivity index (χ3v) is 3.08. The number of aliphatic hydroxyl groups excluding tert-OH is 1. The van der Waals surface area contributed by atoms with Crippen LogP contribution in [-0.2, 0) is 11.2 Å². The Morgan fingerprint density at radius 3 is 2.71 bits per heavy atom. The van der Waals surface area contributed by atoms with Crippen LogP contribution in [0.3, 0.4) is 0 Å². The average molecular weight is 240 g/mol. The molecule has 0 saturated carbocycles. The van der Waals surface area contributed by atoms with E-state index in [4.69, 9.17) is 4.74 Å². The molecular formula is C14H21FO2. The quantitative estimate of drug-likeness (QED) is 0.828. The molecule has 0 amide bonds.